The van der Waals surface area contributed by atoms with Gasteiger partial charge < -0.3 is 20.1 Å². The fourth-order valence-electron chi connectivity index (χ4n) is 3.04. The Morgan fingerprint density at radius 1 is 1.00 bits per heavy atom. The number of nitrogens with zero attached hydrogens (tertiary/aromatic N) is 2. The quantitative estimate of drug-likeness (QED) is 0.371. The van der Waals surface area contributed by atoms with Gasteiger partial charge in [-0.05, 0) is 66.2 Å². The molecule has 1 aliphatic heterocycles. The van der Waals surface area contributed by atoms with Crippen LogP contribution in [0.15, 0.2) is 89.1 Å². The molecule has 1 aliphatic rings. The van der Waals surface area contributed by atoms with Crippen LogP contribution in [0.4, 0.5) is 5.69 Å². The maximum atomic E-state index is 12.4. The van der Waals surface area contributed by atoms with Crippen molar-refractivity contribution in [3.8, 4) is 17.2 Å². The standard InChI is InChI=1S/C25H22N4O4S/c1-32-19-11-7-17(8-12-19)16-26-29-25-28-24(31)22(34-25)15-23(30)27-18-9-13-21(14-10-18)33-20-5-3-2-4-6-20/h2-14,16,22H,15H2,1H3,(H,27,30)(H,28,29,31)/b26-16+. The molecule has 1 atom stereocenters. The topological polar surface area (TPSA) is 101 Å². The number of amidine groups is 1. The Labute approximate surface area is 201 Å². The Kier molecular flexibility index (Phi) is 7.56. The lowest BCUT2D eigenvalue weighted by Crippen LogP contribution is -2.28. The normalized spacial score (nSPS) is 16.4. The number of anilines is 1. The van der Waals surface area contributed by atoms with Gasteiger partial charge in [0, 0.05) is 12.1 Å². The highest BCUT2D eigenvalue weighted by atomic mass is 32.2. The molecule has 0 aliphatic carbocycles. The van der Waals surface area contributed by atoms with Crippen LogP contribution in [0.3, 0.4) is 0 Å². The minimum atomic E-state index is -0.573. The van der Waals surface area contributed by atoms with Gasteiger partial charge in [-0.15, -0.1) is 5.10 Å². The summed E-state index contributed by atoms with van der Waals surface area (Å²) in [6.07, 6.45) is 1.59. The number of rotatable bonds is 8. The molecule has 0 spiro atoms. The summed E-state index contributed by atoms with van der Waals surface area (Å²) in [4.78, 5) is 24.7. The third kappa shape index (κ3) is 6.46. The van der Waals surface area contributed by atoms with Crippen LogP contribution < -0.4 is 20.1 Å². The van der Waals surface area contributed by atoms with E-state index in [2.05, 4.69) is 20.8 Å². The van der Waals surface area contributed by atoms with Crippen LogP contribution in [0.2, 0.25) is 0 Å². The van der Waals surface area contributed by atoms with Crippen molar-refractivity contribution in [1.82, 2.24) is 5.32 Å². The first-order valence-electron chi connectivity index (χ1n) is 10.4. The van der Waals surface area contributed by atoms with Gasteiger partial charge in [0.25, 0.3) is 0 Å². The van der Waals surface area contributed by atoms with Crippen LogP contribution in [0.1, 0.15) is 12.0 Å². The molecule has 1 unspecified atom stereocenters. The molecule has 9 heteroatoms. The molecule has 3 aromatic carbocycles. The Balaban J connectivity index is 1.27. The Morgan fingerprint density at radius 2 is 1.68 bits per heavy atom. The molecule has 1 heterocycles. The molecule has 8 nitrogen and oxygen atoms in total. The van der Waals surface area contributed by atoms with Gasteiger partial charge in [0.15, 0.2) is 5.17 Å². The van der Waals surface area contributed by atoms with Crippen molar-refractivity contribution >= 4 is 40.6 Å². The van der Waals surface area contributed by atoms with Gasteiger partial charge in [-0.25, -0.2) is 0 Å². The average Bonchev–Trinajstić information content (AvgIpc) is 3.20. The molecule has 34 heavy (non-hydrogen) atoms. The first kappa shape index (κ1) is 23.1. The van der Waals surface area contributed by atoms with Gasteiger partial charge in [-0.2, -0.15) is 5.10 Å². The molecule has 1 fully saturated rings. The monoisotopic (exact) mass is 474 g/mol. The number of thioether (sulfide) groups is 1. The number of para-hydroxylation sites is 1. The number of hydrogen-bond acceptors (Lipinski definition) is 7. The number of carbonyl (C=O) groups is 2. The summed E-state index contributed by atoms with van der Waals surface area (Å²) in [7, 11) is 1.60. The number of nitrogens with one attached hydrogen (secondary N) is 2. The summed E-state index contributed by atoms with van der Waals surface area (Å²) >= 11 is 1.18. The highest BCUT2D eigenvalue weighted by Crippen LogP contribution is 2.25. The molecule has 3 aromatic rings. The van der Waals surface area contributed by atoms with E-state index in [-0.39, 0.29) is 18.2 Å². The van der Waals surface area contributed by atoms with Crippen molar-refractivity contribution in [1.29, 1.82) is 0 Å². The van der Waals surface area contributed by atoms with Gasteiger partial charge in [0.1, 0.15) is 22.5 Å². The number of carbonyl (C=O) groups excluding carboxylic acids is 2. The first-order chi connectivity index (χ1) is 16.6. The summed E-state index contributed by atoms with van der Waals surface area (Å²) in [5.74, 6) is 1.59. The van der Waals surface area contributed by atoms with Crippen molar-refractivity contribution in [2.24, 2.45) is 10.2 Å². The molecular formula is C25H22N4O4S. The van der Waals surface area contributed by atoms with Gasteiger partial charge >= 0.3 is 0 Å². The summed E-state index contributed by atoms with van der Waals surface area (Å²) in [6, 6.07) is 23.8. The predicted molar refractivity (Wildman–Crippen MR) is 134 cm³/mol. The Morgan fingerprint density at radius 3 is 2.38 bits per heavy atom. The Hall–Kier alpha value is -4.11. The molecule has 4 rings (SSSR count). The molecule has 1 saturated heterocycles. The van der Waals surface area contributed by atoms with Crippen LogP contribution in [0.5, 0.6) is 17.2 Å². The number of ether oxygens (including phenoxy) is 2. The van der Waals surface area contributed by atoms with Crippen molar-refractivity contribution in [3.05, 3.63) is 84.4 Å². The number of benzene rings is 3. The smallest absolute Gasteiger partial charge is 0.240 e. The molecule has 0 bridgehead atoms. The molecule has 0 aromatic heterocycles. The fraction of sp³-hybridized carbons (Fsp3) is 0.120. The van der Waals surface area contributed by atoms with E-state index < -0.39 is 5.25 Å². The van der Waals surface area contributed by atoms with E-state index in [9.17, 15) is 9.59 Å². The lowest BCUT2D eigenvalue weighted by Gasteiger charge is -2.09. The van der Waals surface area contributed by atoms with E-state index in [0.29, 0.717) is 16.6 Å². The van der Waals surface area contributed by atoms with Crippen molar-refractivity contribution in [2.75, 3.05) is 12.4 Å². The third-order valence-electron chi connectivity index (χ3n) is 4.74. The second-order valence-corrected chi connectivity index (χ2v) is 8.40. The summed E-state index contributed by atoms with van der Waals surface area (Å²) in [5, 5.41) is 13.3. The SMILES string of the molecule is COc1ccc(/C=N/N=C2\NC(=O)C(CC(=O)Nc3ccc(Oc4ccccc4)cc3)S2)cc1. The molecular weight excluding hydrogens is 452 g/mol. The summed E-state index contributed by atoms with van der Waals surface area (Å²) in [6.45, 7) is 0. The number of amides is 2. The second kappa shape index (κ2) is 11.2. The zero-order valence-corrected chi connectivity index (χ0v) is 19.1. The summed E-state index contributed by atoms with van der Waals surface area (Å²) < 4.78 is 10.9. The zero-order chi connectivity index (χ0) is 23.8. The molecule has 2 N–H and O–H groups in total. The minimum Gasteiger partial charge on any atom is -0.497 e. The minimum absolute atomic E-state index is 0.0139. The lowest BCUT2D eigenvalue weighted by molar-refractivity contribution is -0.122. The highest BCUT2D eigenvalue weighted by Gasteiger charge is 2.32. The number of methoxy groups -OCH3 is 1. The van der Waals surface area contributed by atoms with Crippen LogP contribution in [0, 0.1) is 0 Å². The van der Waals surface area contributed by atoms with Gasteiger partial charge in [0.05, 0.1) is 13.3 Å². The zero-order valence-electron chi connectivity index (χ0n) is 18.3. The summed E-state index contributed by atoms with van der Waals surface area (Å²) in [5.41, 5.74) is 1.46. The largest absolute Gasteiger partial charge is 0.497 e. The van der Waals surface area contributed by atoms with E-state index >= 15 is 0 Å². The third-order valence-corrected chi connectivity index (χ3v) is 5.81. The van der Waals surface area contributed by atoms with E-state index in [1.165, 1.54) is 11.8 Å². The van der Waals surface area contributed by atoms with Crippen LogP contribution in [-0.2, 0) is 9.59 Å². The Bertz CT molecular complexity index is 1200. The van der Waals surface area contributed by atoms with Crippen molar-refractivity contribution in [3.63, 3.8) is 0 Å². The van der Waals surface area contributed by atoms with Crippen molar-refractivity contribution in [2.45, 2.75) is 11.7 Å². The van der Waals surface area contributed by atoms with E-state index in [1.807, 2.05) is 54.6 Å². The number of hydrogen-bond donors (Lipinski definition) is 2. The van der Waals surface area contributed by atoms with Gasteiger partial charge in [-0.3, -0.25) is 9.59 Å². The van der Waals surface area contributed by atoms with E-state index in [0.717, 1.165) is 17.1 Å². The highest BCUT2D eigenvalue weighted by molar-refractivity contribution is 8.15. The predicted octanol–water partition coefficient (Wildman–Crippen LogP) is 4.44. The van der Waals surface area contributed by atoms with E-state index in [1.54, 1.807) is 37.6 Å². The maximum absolute atomic E-state index is 12.4. The van der Waals surface area contributed by atoms with Gasteiger partial charge in [0.2, 0.25) is 11.8 Å². The van der Waals surface area contributed by atoms with Crippen LogP contribution >= 0.6 is 11.8 Å². The van der Waals surface area contributed by atoms with Crippen LogP contribution in [-0.4, -0.2) is 35.6 Å². The lowest BCUT2D eigenvalue weighted by atomic mass is 10.2. The molecule has 0 radical (unpaired) electrons. The molecule has 172 valence electrons. The average molecular weight is 475 g/mol. The molecule has 2 amide bonds. The van der Waals surface area contributed by atoms with Crippen LogP contribution in [0.25, 0.3) is 0 Å². The fourth-order valence-corrected chi connectivity index (χ4v) is 3.96. The van der Waals surface area contributed by atoms with Crippen molar-refractivity contribution < 1.29 is 19.1 Å². The van der Waals surface area contributed by atoms with Gasteiger partial charge in [-0.1, -0.05) is 30.0 Å². The second-order valence-electron chi connectivity index (χ2n) is 7.21. The van der Waals surface area contributed by atoms with E-state index in [4.69, 9.17) is 9.47 Å². The first-order valence-corrected chi connectivity index (χ1v) is 11.3. The molecule has 0 saturated carbocycles. The maximum Gasteiger partial charge on any atom is 0.240 e.